The fraction of sp³-hybridized carbons (Fsp3) is 0. The van der Waals surface area contributed by atoms with Gasteiger partial charge in [-0.3, -0.25) is 0 Å². The molecule has 5 heteroatoms. The maximum atomic E-state index is 10.8. The maximum absolute atomic E-state index is 10.8. The van der Waals surface area contributed by atoms with E-state index in [1.807, 2.05) is 0 Å². The Balaban J connectivity index is 2.84. The van der Waals surface area contributed by atoms with Gasteiger partial charge in [-0.2, -0.15) is 4.37 Å². The van der Waals surface area contributed by atoms with Gasteiger partial charge in [0.2, 0.25) is 0 Å². The smallest absolute Gasteiger partial charge is 0.337 e. The van der Waals surface area contributed by atoms with E-state index in [4.69, 9.17) is 10.8 Å². The number of nitrogen functional groups attached to an aromatic ring is 1. The van der Waals surface area contributed by atoms with Crippen LogP contribution in [0, 0.1) is 0 Å². The Kier molecular flexibility index (Phi) is 1.66. The van der Waals surface area contributed by atoms with Crippen LogP contribution in [0.25, 0.3) is 10.1 Å². The van der Waals surface area contributed by atoms with E-state index in [1.54, 1.807) is 12.3 Å². The Labute approximate surface area is 77.8 Å². The number of rotatable bonds is 1. The van der Waals surface area contributed by atoms with Gasteiger partial charge in [-0.1, -0.05) is 0 Å². The Morgan fingerprint density at radius 2 is 2.31 bits per heavy atom. The number of hydrogen-bond donors (Lipinski definition) is 2. The summed E-state index contributed by atoms with van der Waals surface area (Å²) in [5.74, 6) is -0.971. The molecule has 0 unspecified atom stereocenters. The van der Waals surface area contributed by atoms with Crippen molar-refractivity contribution in [3.63, 3.8) is 0 Å². The van der Waals surface area contributed by atoms with E-state index in [0.717, 1.165) is 16.9 Å². The summed E-state index contributed by atoms with van der Waals surface area (Å²) in [6.45, 7) is 0. The molecule has 0 saturated carbocycles. The molecule has 13 heavy (non-hydrogen) atoms. The molecular weight excluding hydrogens is 188 g/mol. The summed E-state index contributed by atoms with van der Waals surface area (Å²) in [6, 6.07) is 3.16. The van der Waals surface area contributed by atoms with Crippen LogP contribution in [-0.4, -0.2) is 15.4 Å². The van der Waals surface area contributed by atoms with Gasteiger partial charge in [0.15, 0.2) is 0 Å². The second kappa shape index (κ2) is 2.70. The van der Waals surface area contributed by atoms with Crippen molar-refractivity contribution in [1.29, 1.82) is 0 Å². The molecule has 2 aromatic rings. The SMILES string of the molecule is Nc1cc(C(=O)O)c2sncc2c1. The minimum atomic E-state index is -0.971. The van der Waals surface area contributed by atoms with Gasteiger partial charge in [0.25, 0.3) is 0 Å². The van der Waals surface area contributed by atoms with Crippen molar-refractivity contribution < 1.29 is 9.90 Å². The van der Waals surface area contributed by atoms with E-state index in [1.165, 1.54) is 6.07 Å². The number of hydrogen-bond acceptors (Lipinski definition) is 4. The first-order valence-corrected chi connectivity index (χ1v) is 4.33. The number of nitrogens with zero attached hydrogens (tertiary/aromatic N) is 1. The van der Waals surface area contributed by atoms with Crippen molar-refractivity contribution in [2.75, 3.05) is 5.73 Å². The van der Waals surface area contributed by atoms with Crippen LogP contribution >= 0.6 is 11.5 Å². The Bertz CT molecular complexity index is 478. The second-order valence-corrected chi connectivity index (χ2v) is 3.42. The summed E-state index contributed by atoms with van der Waals surface area (Å²) in [7, 11) is 0. The summed E-state index contributed by atoms with van der Waals surface area (Å²) < 4.78 is 4.58. The molecule has 0 spiro atoms. The second-order valence-electron chi connectivity index (χ2n) is 2.62. The van der Waals surface area contributed by atoms with Gasteiger partial charge in [-0.05, 0) is 23.7 Å². The first-order valence-electron chi connectivity index (χ1n) is 3.55. The fourth-order valence-electron chi connectivity index (χ4n) is 1.17. The maximum Gasteiger partial charge on any atom is 0.337 e. The van der Waals surface area contributed by atoms with Crippen molar-refractivity contribution in [3.8, 4) is 0 Å². The molecule has 1 aromatic heterocycles. The van der Waals surface area contributed by atoms with Crippen LogP contribution in [-0.2, 0) is 0 Å². The number of nitrogens with two attached hydrogens (primary N) is 1. The van der Waals surface area contributed by atoms with E-state index in [9.17, 15) is 4.79 Å². The molecule has 2 rings (SSSR count). The molecule has 3 N–H and O–H groups in total. The topological polar surface area (TPSA) is 76.2 Å². The summed E-state index contributed by atoms with van der Waals surface area (Å²) in [5.41, 5.74) is 6.20. The monoisotopic (exact) mass is 194 g/mol. The molecule has 66 valence electrons. The summed E-state index contributed by atoms with van der Waals surface area (Å²) >= 11 is 1.16. The van der Waals surface area contributed by atoms with Gasteiger partial charge in [0.05, 0.1) is 10.3 Å². The first-order chi connectivity index (χ1) is 6.18. The molecule has 0 amide bonds. The van der Waals surface area contributed by atoms with Crippen molar-refractivity contribution in [2.45, 2.75) is 0 Å². The molecule has 0 atom stereocenters. The average Bonchev–Trinajstić information content (AvgIpc) is 2.49. The third kappa shape index (κ3) is 1.23. The lowest BCUT2D eigenvalue weighted by Crippen LogP contribution is -1.97. The fourth-order valence-corrected chi connectivity index (χ4v) is 1.90. The van der Waals surface area contributed by atoms with Crippen LogP contribution in [0.4, 0.5) is 5.69 Å². The highest BCUT2D eigenvalue weighted by Gasteiger charge is 2.10. The Morgan fingerprint density at radius 3 is 3.00 bits per heavy atom. The largest absolute Gasteiger partial charge is 0.478 e. The van der Waals surface area contributed by atoms with Crippen molar-refractivity contribution in [1.82, 2.24) is 4.37 Å². The molecule has 0 fully saturated rings. The molecule has 0 aliphatic rings. The number of carboxylic acids is 1. The highest BCUT2D eigenvalue weighted by molar-refractivity contribution is 7.13. The van der Waals surface area contributed by atoms with E-state index in [2.05, 4.69) is 4.37 Å². The number of aromatic carboxylic acids is 1. The van der Waals surface area contributed by atoms with Gasteiger partial charge in [0.1, 0.15) is 0 Å². The average molecular weight is 194 g/mol. The number of anilines is 1. The van der Waals surface area contributed by atoms with E-state index in [0.29, 0.717) is 10.4 Å². The van der Waals surface area contributed by atoms with Crippen molar-refractivity contribution in [2.24, 2.45) is 0 Å². The standard InChI is InChI=1S/C8H6N2O2S/c9-5-1-4-3-10-13-7(4)6(2-5)8(11)12/h1-3H,9H2,(H,11,12). The first kappa shape index (κ1) is 8.00. The summed E-state index contributed by atoms with van der Waals surface area (Å²) in [4.78, 5) is 10.8. The van der Waals surface area contributed by atoms with Gasteiger partial charge >= 0.3 is 5.97 Å². The molecule has 0 radical (unpaired) electrons. The Hall–Kier alpha value is -1.62. The molecule has 1 heterocycles. The third-order valence-corrected chi connectivity index (χ3v) is 2.56. The lowest BCUT2D eigenvalue weighted by molar-refractivity contribution is 0.0699. The zero-order chi connectivity index (χ0) is 9.42. The summed E-state index contributed by atoms with van der Waals surface area (Å²) in [5, 5.41) is 9.63. The van der Waals surface area contributed by atoms with Gasteiger partial charge in [-0.25, -0.2) is 4.79 Å². The number of fused-ring (bicyclic) bond motifs is 1. The minimum absolute atomic E-state index is 0.220. The molecule has 0 bridgehead atoms. The number of carboxylic acid groups (broad SMARTS) is 1. The molecular formula is C8H6N2O2S. The van der Waals surface area contributed by atoms with Crippen LogP contribution in [0.2, 0.25) is 0 Å². The lowest BCUT2D eigenvalue weighted by atomic mass is 10.1. The third-order valence-electron chi connectivity index (χ3n) is 1.71. The number of aromatic nitrogens is 1. The van der Waals surface area contributed by atoms with Gasteiger partial charge < -0.3 is 10.8 Å². The zero-order valence-corrected chi connectivity index (χ0v) is 7.34. The molecule has 4 nitrogen and oxygen atoms in total. The van der Waals surface area contributed by atoms with Crippen LogP contribution < -0.4 is 5.73 Å². The number of carbonyl (C=O) groups is 1. The van der Waals surface area contributed by atoms with E-state index >= 15 is 0 Å². The normalized spacial score (nSPS) is 10.5. The minimum Gasteiger partial charge on any atom is -0.478 e. The molecule has 0 saturated heterocycles. The van der Waals surface area contributed by atoms with Crippen LogP contribution in [0.15, 0.2) is 18.3 Å². The van der Waals surface area contributed by atoms with E-state index < -0.39 is 5.97 Å². The molecule has 0 aliphatic heterocycles. The lowest BCUT2D eigenvalue weighted by Gasteiger charge is -1.97. The predicted molar refractivity (Wildman–Crippen MR) is 51.0 cm³/mol. The quantitative estimate of drug-likeness (QED) is 0.675. The zero-order valence-electron chi connectivity index (χ0n) is 6.52. The van der Waals surface area contributed by atoms with Crippen molar-refractivity contribution >= 4 is 33.3 Å². The van der Waals surface area contributed by atoms with Gasteiger partial charge in [-0.15, -0.1) is 0 Å². The molecule has 1 aromatic carbocycles. The highest BCUT2D eigenvalue weighted by Crippen LogP contribution is 2.25. The summed E-state index contributed by atoms with van der Waals surface area (Å²) in [6.07, 6.45) is 1.61. The number of benzene rings is 1. The van der Waals surface area contributed by atoms with Crippen LogP contribution in [0.5, 0.6) is 0 Å². The van der Waals surface area contributed by atoms with E-state index in [-0.39, 0.29) is 5.56 Å². The van der Waals surface area contributed by atoms with Gasteiger partial charge in [0, 0.05) is 17.3 Å². The Morgan fingerprint density at radius 1 is 1.54 bits per heavy atom. The van der Waals surface area contributed by atoms with Crippen LogP contribution in [0.3, 0.4) is 0 Å². The highest BCUT2D eigenvalue weighted by atomic mass is 32.1. The van der Waals surface area contributed by atoms with Crippen molar-refractivity contribution in [3.05, 3.63) is 23.9 Å². The van der Waals surface area contributed by atoms with Crippen LogP contribution in [0.1, 0.15) is 10.4 Å². The predicted octanol–water partition coefficient (Wildman–Crippen LogP) is 1.58. The molecule has 0 aliphatic carbocycles.